The molecule has 2 atom stereocenters. The number of unbranched alkanes of at least 4 members (excludes halogenated alkanes) is 1. The molecule has 4 heteroatoms. The van der Waals surface area contributed by atoms with Gasteiger partial charge in [-0.25, -0.2) is 4.39 Å². The van der Waals surface area contributed by atoms with Gasteiger partial charge in [0.05, 0.1) is 6.61 Å². The first kappa shape index (κ1) is 24.3. The summed E-state index contributed by atoms with van der Waals surface area (Å²) in [7, 11) is 0. The van der Waals surface area contributed by atoms with Gasteiger partial charge >= 0.3 is 0 Å². The first-order valence-corrected chi connectivity index (χ1v) is 12.5. The molecule has 4 rings (SSSR count). The Morgan fingerprint density at radius 3 is 2.29 bits per heavy atom. The summed E-state index contributed by atoms with van der Waals surface area (Å²) in [6.45, 7) is 4.75. The van der Waals surface area contributed by atoms with Crippen molar-refractivity contribution in [2.45, 2.75) is 64.9 Å². The smallest absolute Gasteiger partial charge is 0.201 e. The molecule has 0 bridgehead atoms. The van der Waals surface area contributed by atoms with E-state index in [-0.39, 0.29) is 17.9 Å². The van der Waals surface area contributed by atoms with Crippen LogP contribution in [0, 0.1) is 17.6 Å². The topological polar surface area (TPSA) is 18.5 Å². The molecule has 0 N–H and O–H groups in total. The number of ether oxygens (including phenoxy) is 2. The van der Waals surface area contributed by atoms with Crippen LogP contribution in [0.4, 0.5) is 8.78 Å². The maximum atomic E-state index is 14.5. The van der Waals surface area contributed by atoms with Crippen molar-refractivity contribution in [1.29, 1.82) is 0 Å². The van der Waals surface area contributed by atoms with Gasteiger partial charge in [-0.05, 0) is 79.0 Å². The predicted octanol–water partition coefficient (Wildman–Crippen LogP) is 8.68. The number of hydrogen-bond acceptors (Lipinski definition) is 2. The zero-order valence-corrected chi connectivity index (χ0v) is 20.2. The third kappa shape index (κ3) is 5.78. The van der Waals surface area contributed by atoms with Crippen molar-refractivity contribution in [3.05, 3.63) is 83.4 Å². The standard InChI is InChI=1S/C30H34F2O2/c1-3-5-6-21-7-12-25(19-21)23-10-8-22(9-11-23)20-34-26-15-13-24(14-16-26)27-17-18-28(33-4-2)30(32)29(27)31/h8-11,13-18,21,25H,3-7,12,19-20H2,1-2H3. The van der Waals surface area contributed by atoms with Crippen molar-refractivity contribution in [3.63, 3.8) is 0 Å². The average molecular weight is 465 g/mol. The lowest BCUT2D eigenvalue weighted by atomic mass is 9.94. The summed E-state index contributed by atoms with van der Waals surface area (Å²) in [5.41, 5.74) is 3.35. The summed E-state index contributed by atoms with van der Waals surface area (Å²) in [4.78, 5) is 0. The van der Waals surface area contributed by atoms with Crippen LogP contribution >= 0.6 is 0 Å². The molecular weight excluding hydrogens is 430 g/mol. The fourth-order valence-electron chi connectivity index (χ4n) is 4.94. The van der Waals surface area contributed by atoms with Crippen molar-refractivity contribution in [2.75, 3.05) is 6.61 Å². The molecule has 0 radical (unpaired) electrons. The van der Waals surface area contributed by atoms with Crippen molar-refractivity contribution in [1.82, 2.24) is 0 Å². The van der Waals surface area contributed by atoms with Crippen molar-refractivity contribution in [2.24, 2.45) is 5.92 Å². The minimum Gasteiger partial charge on any atom is -0.491 e. The van der Waals surface area contributed by atoms with Gasteiger partial charge in [0, 0.05) is 5.56 Å². The van der Waals surface area contributed by atoms with E-state index in [1.165, 1.54) is 56.2 Å². The quantitative estimate of drug-likeness (QED) is 0.299. The maximum Gasteiger partial charge on any atom is 0.201 e. The molecule has 1 aliphatic rings. The van der Waals surface area contributed by atoms with E-state index in [1.807, 2.05) is 0 Å². The van der Waals surface area contributed by atoms with E-state index in [2.05, 4.69) is 31.2 Å². The molecule has 0 aromatic heterocycles. The summed E-state index contributed by atoms with van der Waals surface area (Å²) in [6, 6.07) is 18.9. The van der Waals surface area contributed by atoms with Gasteiger partial charge in [-0.3, -0.25) is 0 Å². The van der Waals surface area contributed by atoms with Gasteiger partial charge < -0.3 is 9.47 Å². The summed E-state index contributed by atoms with van der Waals surface area (Å²) < 4.78 is 39.7. The highest BCUT2D eigenvalue weighted by molar-refractivity contribution is 5.66. The van der Waals surface area contributed by atoms with Gasteiger partial charge in [-0.1, -0.05) is 62.6 Å². The Balaban J connectivity index is 1.33. The Hall–Kier alpha value is -2.88. The molecule has 3 aromatic carbocycles. The van der Waals surface area contributed by atoms with Crippen LogP contribution in [0.2, 0.25) is 0 Å². The Kier molecular flexibility index (Phi) is 8.21. The van der Waals surface area contributed by atoms with Gasteiger partial charge in [0.2, 0.25) is 5.82 Å². The lowest BCUT2D eigenvalue weighted by Crippen LogP contribution is -1.99. The third-order valence-corrected chi connectivity index (χ3v) is 6.88. The normalized spacial score (nSPS) is 17.6. The number of rotatable bonds is 10. The molecule has 0 heterocycles. The predicted molar refractivity (Wildman–Crippen MR) is 133 cm³/mol. The van der Waals surface area contributed by atoms with E-state index in [1.54, 1.807) is 31.2 Å². The van der Waals surface area contributed by atoms with Crippen LogP contribution in [0.1, 0.15) is 69.4 Å². The maximum absolute atomic E-state index is 14.5. The van der Waals surface area contributed by atoms with E-state index >= 15 is 0 Å². The SMILES string of the molecule is CCCCC1CCC(c2ccc(COc3ccc(-c4ccc(OCC)c(F)c4F)cc3)cc2)C1. The molecule has 34 heavy (non-hydrogen) atoms. The first-order chi connectivity index (χ1) is 16.6. The van der Waals surface area contributed by atoms with Gasteiger partial charge in [0.1, 0.15) is 12.4 Å². The molecule has 1 saturated carbocycles. The van der Waals surface area contributed by atoms with Crippen LogP contribution in [-0.2, 0) is 6.61 Å². The fourth-order valence-corrected chi connectivity index (χ4v) is 4.94. The van der Waals surface area contributed by atoms with Crippen LogP contribution in [-0.4, -0.2) is 6.61 Å². The first-order valence-electron chi connectivity index (χ1n) is 12.5. The highest BCUT2D eigenvalue weighted by Gasteiger charge is 2.25. The second-order valence-corrected chi connectivity index (χ2v) is 9.25. The zero-order chi connectivity index (χ0) is 23.9. The Morgan fingerprint density at radius 2 is 1.59 bits per heavy atom. The van der Waals surface area contributed by atoms with Crippen LogP contribution in [0.3, 0.4) is 0 Å². The minimum absolute atomic E-state index is 0.0704. The van der Waals surface area contributed by atoms with Crippen molar-refractivity contribution >= 4 is 0 Å². The van der Waals surface area contributed by atoms with Gasteiger partial charge in [-0.15, -0.1) is 0 Å². The summed E-state index contributed by atoms with van der Waals surface area (Å²) in [5.74, 6) is 0.338. The largest absolute Gasteiger partial charge is 0.491 e. The van der Waals surface area contributed by atoms with Crippen molar-refractivity contribution in [3.8, 4) is 22.6 Å². The van der Waals surface area contributed by atoms with Crippen LogP contribution in [0.5, 0.6) is 11.5 Å². The van der Waals surface area contributed by atoms with Crippen LogP contribution in [0.25, 0.3) is 11.1 Å². The molecular formula is C30H34F2O2. The lowest BCUT2D eigenvalue weighted by molar-refractivity contribution is 0.306. The molecule has 0 amide bonds. The molecule has 2 unspecified atom stereocenters. The Labute approximate surface area is 201 Å². The number of benzene rings is 3. The van der Waals surface area contributed by atoms with E-state index in [0.29, 0.717) is 23.8 Å². The van der Waals surface area contributed by atoms with Gasteiger partial charge in [0.15, 0.2) is 11.6 Å². The average Bonchev–Trinajstić information content (AvgIpc) is 3.34. The highest BCUT2D eigenvalue weighted by atomic mass is 19.2. The molecule has 1 fully saturated rings. The number of halogens is 2. The monoisotopic (exact) mass is 464 g/mol. The second kappa shape index (κ2) is 11.5. The van der Waals surface area contributed by atoms with E-state index in [0.717, 1.165) is 11.5 Å². The van der Waals surface area contributed by atoms with Gasteiger partial charge in [0.25, 0.3) is 0 Å². The molecule has 2 nitrogen and oxygen atoms in total. The lowest BCUT2D eigenvalue weighted by Gasteiger charge is -2.13. The highest BCUT2D eigenvalue weighted by Crippen LogP contribution is 2.40. The van der Waals surface area contributed by atoms with Crippen molar-refractivity contribution < 1.29 is 18.3 Å². The van der Waals surface area contributed by atoms with E-state index in [9.17, 15) is 8.78 Å². The number of hydrogen-bond donors (Lipinski definition) is 0. The van der Waals surface area contributed by atoms with Gasteiger partial charge in [-0.2, -0.15) is 4.39 Å². The molecule has 180 valence electrons. The van der Waals surface area contributed by atoms with E-state index in [4.69, 9.17) is 9.47 Å². The molecule has 0 spiro atoms. The summed E-state index contributed by atoms with van der Waals surface area (Å²) in [5, 5.41) is 0. The second-order valence-electron chi connectivity index (χ2n) is 9.25. The fraction of sp³-hybridized carbons (Fsp3) is 0.400. The summed E-state index contributed by atoms with van der Waals surface area (Å²) in [6.07, 6.45) is 7.99. The molecule has 3 aromatic rings. The van der Waals surface area contributed by atoms with Crippen LogP contribution in [0.15, 0.2) is 60.7 Å². The molecule has 0 aliphatic heterocycles. The zero-order valence-electron chi connectivity index (χ0n) is 20.2. The molecule has 1 aliphatic carbocycles. The minimum atomic E-state index is -0.961. The Bertz CT molecular complexity index is 1060. The molecule has 0 saturated heterocycles. The van der Waals surface area contributed by atoms with E-state index < -0.39 is 11.6 Å². The third-order valence-electron chi connectivity index (χ3n) is 6.88. The summed E-state index contributed by atoms with van der Waals surface area (Å²) >= 11 is 0. The van der Waals surface area contributed by atoms with Crippen LogP contribution < -0.4 is 9.47 Å². The Morgan fingerprint density at radius 1 is 0.824 bits per heavy atom.